The molecule has 1 aliphatic heterocycles. The van der Waals surface area contributed by atoms with Crippen molar-refractivity contribution in [3.8, 4) is 0 Å². The Bertz CT molecular complexity index is 507. The summed E-state index contributed by atoms with van der Waals surface area (Å²) in [4.78, 5) is 21.2. The SMILES string of the molecule is O=C1NCCCC1NCc1ccc([N+](=O)[O-])c(F)c1. The lowest BCUT2D eigenvalue weighted by Gasteiger charge is -2.22. The molecule has 0 aromatic heterocycles. The monoisotopic (exact) mass is 267 g/mol. The van der Waals surface area contributed by atoms with Crippen molar-refractivity contribution in [1.29, 1.82) is 0 Å². The molecule has 2 rings (SSSR count). The van der Waals surface area contributed by atoms with E-state index in [9.17, 15) is 19.3 Å². The van der Waals surface area contributed by atoms with Crippen molar-refractivity contribution in [2.24, 2.45) is 0 Å². The van der Waals surface area contributed by atoms with Crippen molar-refractivity contribution in [2.75, 3.05) is 6.54 Å². The molecule has 0 radical (unpaired) electrons. The summed E-state index contributed by atoms with van der Waals surface area (Å²) in [5, 5.41) is 16.2. The molecule has 0 bridgehead atoms. The molecule has 2 N–H and O–H groups in total. The first-order valence-electron chi connectivity index (χ1n) is 6.02. The number of rotatable bonds is 4. The first kappa shape index (κ1) is 13.4. The Morgan fingerprint density at radius 1 is 1.53 bits per heavy atom. The summed E-state index contributed by atoms with van der Waals surface area (Å²) >= 11 is 0. The van der Waals surface area contributed by atoms with Crippen LogP contribution in [0, 0.1) is 15.9 Å². The van der Waals surface area contributed by atoms with Gasteiger partial charge >= 0.3 is 5.69 Å². The van der Waals surface area contributed by atoms with E-state index in [0.29, 0.717) is 18.7 Å². The van der Waals surface area contributed by atoms with E-state index in [1.54, 1.807) is 0 Å². The zero-order valence-corrected chi connectivity index (χ0v) is 10.2. The van der Waals surface area contributed by atoms with Gasteiger partial charge in [-0.1, -0.05) is 6.07 Å². The van der Waals surface area contributed by atoms with Crippen molar-refractivity contribution in [2.45, 2.75) is 25.4 Å². The first-order chi connectivity index (χ1) is 9.08. The second kappa shape index (κ2) is 5.75. The Morgan fingerprint density at radius 3 is 2.95 bits per heavy atom. The summed E-state index contributed by atoms with van der Waals surface area (Å²) in [6.07, 6.45) is 1.64. The van der Waals surface area contributed by atoms with Gasteiger partial charge in [-0.3, -0.25) is 14.9 Å². The largest absolute Gasteiger partial charge is 0.355 e. The van der Waals surface area contributed by atoms with Gasteiger partial charge in [0.2, 0.25) is 11.7 Å². The molecule has 0 spiro atoms. The molecule has 1 aliphatic rings. The van der Waals surface area contributed by atoms with Crippen LogP contribution in [0.1, 0.15) is 18.4 Å². The Morgan fingerprint density at radius 2 is 2.32 bits per heavy atom. The van der Waals surface area contributed by atoms with Gasteiger partial charge in [0.05, 0.1) is 11.0 Å². The number of halogens is 1. The molecule has 102 valence electrons. The van der Waals surface area contributed by atoms with Crippen LogP contribution in [-0.4, -0.2) is 23.4 Å². The van der Waals surface area contributed by atoms with Gasteiger partial charge in [0.25, 0.3) is 0 Å². The van der Waals surface area contributed by atoms with Crippen LogP contribution < -0.4 is 10.6 Å². The lowest BCUT2D eigenvalue weighted by molar-refractivity contribution is -0.387. The normalized spacial score (nSPS) is 19.0. The number of hydrogen-bond acceptors (Lipinski definition) is 4. The van der Waals surface area contributed by atoms with Crippen molar-refractivity contribution in [1.82, 2.24) is 10.6 Å². The molecule has 1 fully saturated rings. The Hall–Kier alpha value is -2.02. The number of nitrogens with one attached hydrogen (secondary N) is 2. The minimum absolute atomic E-state index is 0.0615. The van der Waals surface area contributed by atoms with E-state index in [4.69, 9.17) is 0 Å². The lowest BCUT2D eigenvalue weighted by atomic mass is 10.1. The fourth-order valence-corrected chi connectivity index (χ4v) is 2.02. The zero-order valence-electron chi connectivity index (χ0n) is 10.2. The van der Waals surface area contributed by atoms with E-state index in [0.717, 1.165) is 25.0 Å². The van der Waals surface area contributed by atoms with Crippen molar-refractivity contribution < 1.29 is 14.1 Å². The molecule has 1 atom stereocenters. The van der Waals surface area contributed by atoms with Gasteiger partial charge in [-0.25, -0.2) is 0 Å². The third-order valence-corrected chi connectivity index (χ3v) is 3.05. The molecule has 1 saturated heterocycles. The predicted molar refractivity (Wildman–Crippen MR) is 65.9 cm³/mol. The highest BCUT2D eigenvalue weighted by Gasteiger charge is 2.21. The topological polar surface area (TPSA) is 84.3 Å². The predicted octanol–water partition coefficient (Wildman–Crippen LogP) is 1.10. The molecule has 7 heteroatoms. The Kier molecular flexibility index (Phi) is 4.06. The van der Waals surface area contributed by atoms with E-state index < -0.39 is 16.4 Å². The molecule has 0 saturated carbocycles. The molecular formula is C12H14FN3O3. The van der Waals surface area contributed by atoms with E-state index in [2.05, 4.69) is 10.6 Å². The molecule has 1 unspecified atom stereocenters. The highest BCUT2D eigenvalue weighted by molar-refractivity contribution is 5.82. The maximum Gasteiger partial charge on any atom is 0.304 e. The van der Waals surface area contributed by atoms with Crippen LogP contribution in [0.2, 0.25) is 0 Å². The van der Waals surface area contributed by atoms with Gasteiger partial charge < -0.3 is 10.6 Å². The molecule has 1 amide bonds. The third kappa shape index (κ3) is 3.25. The number of nitro benzene ring substituents is 1. The second-order valence-electron chi connectivity index (χ2n) is 4.41. The molecule has 0 aliphatic carbocycles. The fourth-order valence-electron chi connectivity index (χ4n) is 2.02. The first-order valence-corrected chi connectivity index (χ1v) is 6.02. The van der Waals surface area contributed by atoms with Crippen LogP contribution in [0.4, 0.5) is 10.1 Å². The molecule has 19 heavy (non-hydrogen) atoms. The van der Waals surface area contributed by atoms with Gasteiger partial charge in [0.15, 0.2) is 0 Å². The quantitative estimate of drug-likeness (QED) is 0.632. The van der Waals surface area contributed by atoms with E-state index in [1.165, 1.54) is 6.07 Å². The van der Waals surface area contributed by atoms with Crippen LogP contribution in [0.5, 0.6) is 0 Å². The minimum atomic E-state index is -0.864. The van der Waals surface area contributed by atoms with Crippen LogP contribution in [-0.2, 0) is 11.3 Å². The highest BCUT2D eigenvalue weighted by atomic mass is 19.1. The minimum Gasteiger partial charge on any atom is -0.355 e. The smallest absolute Gasteiger partial charge is 0.304 e. The number of carbonyl (C=O) groups is 1. The summed E-state index contributed by atoms with van der Waals surface area (Å²) in [6, 6.07) is 3.45. The van der Waals surface area contributed by atoms with Crippen molar-refractivity contribution in [3.05, 3.63) is 39.7 Å². The zero-order chi connectivity index (χ0) is 13.8. The summed E-state index contributed by atoms with van der Waals surface area (Å²) < 4.78 is 13.4. The Balaban J connectivity index is 1.98. The standard InChI is InChI=1S/C12H14FN3O3/c13-9-6-8(3-4-11(9)16(18)19)7-15-10-2-1-5-14-12(10)17/h3-4,6,10,15H,1-2,5,7H2,(H,14,17). The third-order valence-electron chi connectivity index (χ3n) is 3.05. The van der Waals surface area contributed by atoms with Gasteiger partial charge in [-0.2, -0.15) is 4.39 Å². The van der Waals surface area contributed by atoms with Crippen LogP contribution in [0.3, 0.4) is 0 Å². The van der Waals surface area contributed by atoms with Gasteiger partial charge in [0, 0.05) is 19.2 Å². The number of hydrogen-bond donors (Lipinski definition) is 2. The summed E-state index contributed by atoms with van der Waals surface area (Å²) in [5.74, 6) is -0.925. The van der Waals surface area contributed by atoms with Crippen LogP contribution in [0.25, 0.3) is 0 Å². The maximum absolute atomic E-state index is 13.4. The van der Waals surface area contributed by atoms with E-state index in [-0.39, 0.29) is 11.9 Å². The average Bonchev–Trinajstić information content (AvgIpc) is 2.37. The summed E-state index contributed by atoms with van der Waals surface area (Å²) in [6.45, 7) is 0.982. The summed E-state index contributed by atoms with van der Waals surface area (Å²) in [7, 11) is 0. The number of nitrogens with zero attached hydrogens (tertiary/aromatic N) is 1. The van der Waals surface area contributed by atoms with Crippen molar-refractivity contribution >= 4 is 11.6 Å². The van der Waals surface area contributed by atoms with E-state index >= 15 is 0 Å². The molecule has 1 aromatic rings. The van der Waals surface area contributed by atoms with Crippen LogP contribution in [0.15, 0.2) is 18.2 Å². The number of carbonyl (C=O) groups excluding carboxylic acids is 1. The molecule has 1 heterocycles. The Labute approximate surface area is 109 Å². The van der Waals surface area contributed by atoms with Gasteiger partial charge in [-0.15, -0.1) is 0 Å². The van der Waals surface area contributed by atoms with E-state index in [1.807, 2.05) is 0 Å². The number of benzene rings is 1. The highest BCUT2D eigenvalue weighted by Crippen LogP contribution is 2.18. The molecule has 1 aromatic carbocycles. The number of amides is 1. The number of nitro groups is 1. The maximum atomic E-state index is 13.4. The lowest BCUT2D eigenvalue weighted by Crippen LogP contribution is -2.47. The van der Waals surface area contributed by atoms with Crippen LogP contribution >= 0.6 is 0 Å². The van der Waals surface area contributed by atoms with Gasteiger partial charge in [-0.05, 0) is 24.5 Å². The second-order valence-corrected chi connectivity index (χ2v) is 4.41. The van der Waals surface area contributed by atoms with Gasteiger partial charge in [0.1, 0.15) is 0 Å². The molecule has 6 nitrogen and oxygen atoms in total. The average molecular weight is 267 g/mol. The van der Waals surface area contributed by atoms with Crippen molar-refractivity contribution in [3.63, 3.8) is 0 Å². The number of piperidine rings is 1. The molecular weight excluding hydrogens is 253 g/mol. The fraction of sp³-hybridized carbons (Fsp3) is 0.417. The summed E-state index contributed by atoms with van der Waals surface area (Å²) in [5.41, 5.74) is 0.0284.